The summed E-state index contributed by atoms with van der Waals surface area (Å²) in [5.41, 5.74) is 0.931. The van der Waals surface area contributed by atoms with Gasteiger partial charge in [-0.3, -0.25) is 0 Å². The van der Waals surface area contributed by atoms with Crippen molar-refractivity contribution in [3.8, 4) is 0 Å². The smallest absolute Gasteiger partial charge is 0.548 e. The molecule has 0 aliphatic rings. The van der Waals surface area contributed by atoms with Crippen LogP contribution in [0, 0.1) is 0 Å². The van der Waals surface area contributed by atoms with E-state index in [9.17, 15) is 9.90 Å². The van der Waals surface area contributed by atoms with Crippen molar-refractivity contribution < 1.29 is 39.5 Å². The van der Waals surface area contributed by atoms with E-state index in [1.54, 1.807) is 18.7 Å². The normalized spacial score (nSPS) is 11.4. The van der Waals surface area contributed by atoms with Gasteiger partial charge in [0.2, 0.25) is 0 Å². The Kier molecular flexibility index (Phi) is 9.64. The van der Waals surface area contributed by atoms with E-state index in [-0.39, 0.29) is 29.6 Å². The maximum atomic E-state index is 11.0. The summed E-state index contributed by atoms with van der Waals surface area (Å²) in [7, 11) is 0. The molecule has 0 aromatic heterocycles. The van der Waals surface area contributed by atoms with Crippen LogP contribution in [0.2, 0.25) is 0 Å². The Morgan fingerprint density at radius 3 is 2.50 bits per heavy atom. The van der Waals surface area contributed by atoms with E-state index in [0.717, 1.165) is 23.7 Å². The van der Waals surface area contributed by atoms with Crippen molar-refractivity contribution in [2.24, 2.45) is 0 Å². The van der Waals surface area contributed by atoms with Crippen LogP contribution in [0.4, 0.5) is 5.69 Å². The average Bonchev–Trinajstić information content (AvgIpc) is 2.35. The third-order valence-electron chi connectivity index (χ3n) is 2.58. The van der Waals surface area contributed by atoms with Crippen LogP contribution in [0.5, 0.6) is 0 Å². The van der Waals surface area contributed by atoms with Crippen molar-refractivity contribution in [1.29, 1.82) is 0 Å². The molecule has 0 heterocycles. The van der Waals surface area contributed by atoms with Gasteiger partial charge in [0.25, 0.3) is 0 Å². The zero-order valence-electron chi connectivity index (χ0n) is 11.3. The summed E-state index contributed by atoms with van der Waals surface area (Å²) in [5, 5.41) is 11.0. The minimum atomic E-state index is -1.03. The Hall–Kier alpha value is -0.160. The van der Waals surface area contributed by atoms with Crippen molar-refractivity contribution in [1.82, 2.24) is 0 Å². The molecule has 0 radical (unpaired) electrons. The van der Waals surface area contributed by atoms with Gasteiger partial charge >= 0.3 is 29.6 Å². The zero-order valence-corrected chi connectivity index (χ0v) is 14.1. The molecular weight excluding hydrogens is 257 g/mol. The molecule has 0 aliphatic carbocycles. The summed E-state index contributed by atoms with van der Waals surface area (Å²) >= 11 is 1.81. The van der Waals surface area contributed by atoms with E-state index in [0.29, 0.717) is 0 Å². The monoisotopic (exact) mass is 275 g/mol. The number of benzene rings is 1. The number of aliphatic carboxylic acids is 1. The Morgan fingerprint density at radius 2 is 2.00 bits per heavy atom. The van der Waals surface area contributed by atoms with Crippen LogP contribution in [0.15, 0.2) is 30.3 Å². The van der Waals surface area contributed by atoms with Crippen LogP contribution in [0.3, 0.4) is 0 Å². The first kappa shape index (κ1) is 17.8. The molecule has 5 heteroatoms. The van der Waals surface area contributed by atoms with Crippen molar-refractivity contribution in [3.63, 3.8) is 0 Å². The molecule has 0 unspecified atom stereocenters. The molecule has 0 aliphatic heterocycles. The standard InChI is InChI=1S/C13H19NO2S.Na/c1-3-17-10-9-14(11(2)13(15)16)12-7-5-4-6-8-12;/h4-8,11H,3,9-10H2,1-2H3,(H,15,16);/q;+1/p-1/t11-;/m0./s1. The summed E-state index contributed by atoms with van der Waals surface area (Å²) < 4.78 is 0. The van der Waals surface area contributed by atoms with Crippen LogP contribution in [-0.4, -0.2) is 30.1 Å². The molecule has 94 valence electrons. The number of para-hydroxylation sites is 1. The number of carbonyl (C=O) groups is 1. The number of carbonyl (C=O) groups excluding carboxylic acids is 1. The minimum Gasteiger partial charge on any atom is -0.548 e. The number of hydrogen-bond acceptors (Lipinski definition) is 4. The summed E-state index contributed by atoms with van der Waals surface area (Å²) in [6.07, 6.45) is 0. The number of thioether (sulfide) groups is 1. The molecule has 1 aromatic rings. The first-order valence-electron chi connectivity index (χ1n) is 5.77. The van der Waals surface area contributed by atoms with Gasteiger partial charge in [0.15, 0.2) is 0 Å². The number of nitrogens with zero attached hydrogens (tertiary/aromatic N) is 1. The van der Waals surface area contributed by atoms with Crippen molar-refractivity contribution in [3.05, 3.63) is 30.3 Å². The Bertz CT molecular complexity index is 348. The van der Waals surface area contributed by atoms with Gasteiger partial charge in [-0.2, -0.15) is 11.8 Å². The van der Waals surface area contributed by atoms with Crippen LogP contribution < -0.4 is 39.6 Å². The predicted octanol–water partition coefficient (Wildman–Crippen LogP) is -1.61. The SMILES string of the molecule is CCSCCN(c1ccccc1)[C@@H](C)C(=O)[O-].[Na+]. The fourth-order valence-corrected chi connectivity index (χ4v) is 2.21. The molecule has 0 fully saturated rings. The van der Waals surface area contributed by atoms with Crippen molar-refractivity contribution in [2.75, 3.05) is 23.0 Å². The van der Waals surface area contributed by atoms with Crippen LogP contribution in [0.25, 0.3) is 0 Å². The van der Waals surface area contributed by atoms with Crippen LogP contribution >= 0.6 is 11.8 Å². The van der Waals surface area contributed by atoms with E-state index in [1.807, 2.05) is 35.2 Å². The number of hydrogen-bond donors (Lipinski definition) is 0. The van der Waals surface area contributed by atoms with E-state index < -0.39 is 12.0 Å². The molecule has 0 saturated carbocycles. The van der Waals surface area contributed by atoms with Gasteiger partial charge in [-0.1, -0.05) is 25.1 Å². The quantitative estimate of drug-likeness (QED) is 0.443. The van der Waals surface area contributed by atoms with E-state index in [2.05, 4.69) is 6.92 Å². The predicted molar refractivity (Wildman–Crippen MR) is 71.3 cm³/mol. The molecule has 1 atom stereocenters. The Morgan fingerprint density at radius 1 is 1.39 bits per heavy atom. The summed E-state index contributed by atoms with van der Waals surface area (Å²) in [5.74, 6) is 0.932. The zero-order chi connectivity index (χ0) is 12.7. The first-order chi connectivity index (χ1) is 8.16. The maximum absolute atomic E-state index is 11.0. The van der Waals surface area contributed by atoms with Gasteiger partial charge in [0.05, 0.1) is 12.0 Å². The minimum absolute atomic E-state index is 0. The Balaban J connectivity index is 0.00000289. The Labute approximate surface area is 135 Å². The van der Waals surface area contributed by atoms with E-state index in [1.165, 1.54) is 0 Å². The molecule has 0 spiro atoms. The second kappa shape index (κ2) is 9.73. The van der Waals surface area contributed by atoms with Gasteiger partial charge < -0.3 is 14.8 Å². The van der Waals surface area contributed by atoms with Crippen molar-refractivity contribution >= 4 is 23.4 Å². The molecule has 0 N–H and O–H groups in total. The average molecular weight is 275 g/mol. The number of anilines is 1. The first-order valence-corrected chi connectivity index (χ1v) is 6.92. The summed E-state index contributed by atoms with van der Waals surface area (Å²) in [6.45, 7) is 4.48. The summed E-state index contributed by atoms with van der Waals surface area (Å²) in [6, 6.07) is 9.00. The third-order valence-corrected chi connectivity index (χ3v) is 3.46. The van der Waals surface area contributed by atoms with Crippen molar-refractivity contribution in [2.45, 2.75) is 19.9 Å². The number of rotatable bonds is 7. The third kappa shape index (κ3) is 5.65. The fraction of sp³-hybridized carbons (Fsp3) is 0.462. The van der Waals surface area contributed by atoms with Crippen LogP contribution in [-0.2, 0) is 4.79 Å². The molecule has 1 aromatic carbocycles. The van der Waals surface area contributed by atoms with E-state index >= 15 is 0 Å². The molecule has 18 heavy (non-hydrogen) atoms. The molecule has 3 nitrogen and oxygen atoms in total. The maximum Gasteiger partial charge on any atom is 1.00 e. The largest absolute Gasteiger partial charge is 1.00 e. The van der Waals surface area contributed by atoms with Crippen LogP contribution in [0.1, 0.15) is 13.8 Å². The van der Waals surface area contributed by atoms with Gasteiger partial charge in [-0.15, -0.1) is 0 Å². The molecule has 0 bridgehead atoms. The molecule has 0 amide bonds. The fourth-order valence-electron chi connectivity index (χ4n) is 1.60. The molecule has 0 saturated heterocycles. The number of carboxylic acids is 1. The topological polar surface area (TPSA) is 43.4 Å². The van der Waals surface area contributed by atoms with Gasteiger partial charge in [-0.25, -0.2) is 0 Å². The second-order valence-corrected chi connectivity index (χ2v) is 5.11. The van der Waals surface area contributed by atoms with E-state index in [4.69, 9.17) is 0 Å². The molecular formula is C13H18NNaO2S. The molecule has 1 rings (SSSR count). The number of carboxylic acid groups (broad SMARTS) is 1. The van der Waals surface area contributed by atoms with Gasteiger partial charge in [0, 0.05) is 18.0 Å². The van der Waals surface area contributed by atoms with Gasteiger partial charge in [0.1, 0.15) is 0 Å². The summed E-state index contributed by atoms with van der Waals surface area (Å²) in [4.78, 5) is 12.9. The second-order valence-electron chi connectivity index (χ2n) is 3.72. The van der Waals surface area contributed by atoms with Gasteiger partial charge in [-0.05, 0) is 24.8 Å².